The van der Waals surface area contributed by atoms with Crippen LogP contribution in [0.1, 0.15) is 109 Å². The fourth-order valence-corrected chi connectivity index (χ4v) is 9.87. The summed E-state index contributed by atoms with van der Waals surface area (Å²) in [5.41, 5.74) is -1.43. The van der Waals surface area contributed by atoms with E-state index in [0.29, 0.717) is 30.5 Å². The van der Waals surface area contributed by atoms with Crippen molar-refractivity contribution in [1.29, 1.82) is 0 Å². The van der Waals surface area contributed by atoms with Crippen LogP contribution in [0.5, 0.6) is 0 Å². The second-order valence-corrected chi connectivity index (χ2v) is 20.0. The number of carbonyl (C=O) groups excluding carboxylic acids is 5. The lowest BCUT2D eigenvalue weighted by Crippen LogP contribution is -2.56. The van der Waals surface area contributed by atoms with Gasteiger partial charge in [0, 0.05) is 31.0 Å². The summed E-state index contributed by atoms with van der Waals surface area (Å²) < 4.78 is 60.8. The number of aliphatic carboxylic acids is 1. The van der Waals surface area contributed by atoms with Crippen molar-refractivity contribution in [3.8, 4) is 0 Å². The minimum absolute atomic E-state index is 0.0155. The van der Waals surface area contributed by atoms with Gasteiger partial charge >= 0.3 is 24.2 Å². The first kappa shape index (κ1) is 49.5. The molecule has 0 spiro atoms. The van der Waals surface area contributed by atoms with Crippen LogP contribution < -0.4 is 20.7 Å². The summed E-state index contributed by atoms with van der Waals surface area (Å²) in [4.78, 5) is 80.9. The van der Waals surface area contributed by atoms with Gasteiger partial charge in [0.2, 0.25) is 5.91 Å². The van der Waals surface area contributed by atoms with E-state index < -0.39 is 87.1 Å². The molecule has 360 valence electrons. The van der Waals surface area contributed by atoms with Gasteiger partial charge in [-0.15, -0.1) is 6.58 Å². The number of nitrogens with one attached hydrogen (secondary N) is 4. The number of carbonyl (C=O) groups is 6. The fraction of sp³-hybridized carbons (Fsp3) is 0.565. The minimum Gasteiger partial charge on any atom is -0.480 e. The first-order valence-corrected chi connectivity index (χ1v) is 24.0. The Balaban J connectivity index is 1.01. The average Bonchev–Trinajstić information content (AvgIpc) is 3.65. The van der Waals surface area contributed by atoms with Crippen molar-refractivity contribution < 1.29 is 60.9 Å². The van der Waals surface area contributed by atoms with Crippen LogP contribution in [0.3, 0.4) is 0 Å². The highest BCUT2D eigenvalue weighted by molar-refractivity contribution is 7.90. The topological polar surface area (TPSA) is 239 Å². The number of benzene rings is 2. The van der Waals surface area contributed by atoms with Gasteiger partial charge in [-0.3, -0.25) is 19.4 Å². The lowest BCUT2D eigenvalue weighted by atomic mass is 10.1. The largest absolute Gasteiger partial charge is 0.480 e. The maximum atomic E-state index is 14.4. The Bertz CT molecular complexity index is 2270. The van der Waals surface area contributed by atoms with Crippen LogP contribution in [0.15, 0.2) is 60.0 Å². The number of amides is 5. The van der Waals surface area contributed by atoms with Crippen molar-refractivity contribution in [1.82, 2.24) is 25.2 Å². The van der Waals surface area contributed by atoms with Crippen LogP contribution in [-0.4, -0.2) is 108 Å². The van der Waals surface area contributed by atoms with Crippen molar-refractivity contribution >= 4 is 51.8 Å². The number of sulfonamides is 1. The lowest BCUT2D eigenvalue weighted by molar-refractivity contribution is -0.139. The smallest absolute Gasteiger partial charge is 0.411 e. The number of halogens is 1. The normalized spacial score (nSPS) is 21.8. The minimum atomic E-state index is -4.51. The number of hydrogen-bond acceptors (Lipinski definition) is 12. The Hall–Kier alpha value is -5.92. The number of likely N-dealkylation sites (tertiary alicyclic amines) is 1. The highest BCUT2D eigenvalue weighted by atomic mass is 32.2. The van der Waals surface area contributed by atoms with E-state index in [-0.39, 0.29) is 55.6 Å². The van der Waals surface area contributed by atoms with E-state index in [1.54, 1.807) is 45.0 Å². The van der Waals surface area contributed by atoms with E-state index in [4.69, 9.17) is 14.2 Å². The van der Waals surface area contributed by atoms with Gasteiger partial charge in [-0.25, -0.2) is 36.7 Å². The van der Waals surface area contributed by atoms with Crippen molar-refractivity contribution in [2.24, 2.45) is 5.92 Å². The molecule has 0 aromatic heterocycles. The molecule has 5 atom stereocenters. The van der Waals surface area contributed by atoms with Crippen molar-refractivity contribution in [2.45, 2.75) is 151 Å². The number of unbranched alkanes of at least 4 members (excludes halogenated alkanes) is 4. The monoisotopic (exact) mass is 940 g/mol. The molecule has 2 aliphatic carbocycles. The fourth-order valence-electron chi connectivity index (χ4n) is 8.65. The first-order valence-electron chi connectivity index (χ1n) is 22.6. The zero-order chi connectivity index (χ0) is 47.8. The van der Waals surface area contributed by atoms with Crippen molar-refractivity contribution in [2.75, 3.05) is 18.4 Å². The summed E-state index contributed by atoms with van der Waals surface area (Å²) in [6, 6.07) is 8.30. The van der Waals surface area contributed by atoms with Gasteiger partial charge in [-0.2, -0.15) is 0 Å². The number of hydrogen-bond donors (Lipinski definition) is 5. The van der Waals surface area contributed by atoms with Gasteiger partial charge in [0.1, 0.15) is 46.1 Å². The number of nitrogens with zero attached hydrogens (tertiary/aromatic N) is 2. The molecule has 3 fully saturated rings. The molecule has 20 heteroatoms. The van der Waals surface area contributed by atoms with Crippen LogP contribution >= 0.6 is 0 Å². The molecule has 18 nitrogen and oxygen atoms in total. The van der Waals surface area contributed by atoms with E-state index >= 15 is 0 Å². The molecule has 0 bridgehead atoms. The molecule has 5 N–H and O–H groups in total. The Morgan fingerprint density at radius 1 is 0.939 bits per heavy atom. The summed E-state index contributed by atoms with van der Waals surface area (Å²) in [6.45, 7) is 8.97. The summed E-state index contributed by atoms with van der Waals surface area (Å²) in [6.07, 6.45) is 5.05. The molecule has 6 rings (SSSR count). The lowest BCUT2D eigenvalue weighted by Gasteiger charge is -2.29. The Morgan fingerprint density at radius 2 is 1.65 bits per heavy atom. The maximum Gasteiger partial charge on any atom is 0.411 e. The van der Waals surface area contributed by atoms with E-state index in [9.17, 15) is 46.7 Å². The van der Waals surface area contributed by atoms with Crippen LogP contribution in [0, 0.1) is 11.7 Å². The molecule has 1 saturated heterocycles. The number of para-hydroxylation sites is 1. The summed E-state index contributed by atoms with van der Waals surface area (Å²) in [5.74, 6) is -4.03. The van der Waals surface area contributed by atoms with E-state index in [1.165, 1.54) is 29.2 Å². The SMILES string of the molecule is C=C[C@@H]1C[C@]1(NC(=O)[C@@H]1C[C@@H](OC(=O)N2Cc3cccc(F)c3C2)CN1C(=O)OC(C)(C)C)C(=O)NS(=O)(=O)c1ccccc1NCCCCCCC[C@H](NC(=O)OC1CCCC1)C(=O)O. The van der Waals surface area contributed by atoms with Gasteiger partial charge < -0.3 is 35.3 Å². The molecule has 2 aromatic rings. The molecular formula is C46H61FN6O12S. The van der Waals surface area contributed by atoms with Gasteiger partial charge in [-0.05, 0) is 89.5 Å². The Labute approximate surface area is 384 Å². The van der Waals surface area contributed by atoms with Gasteiger partial charge in [0.15, 0.2) is 0 Å². The van der Waals surface area contributed by atoms with Gasteiger partial charge in [0.25, 0.3) is 15.9 Å². The maximum absolute atomic E-state index is 14.4. The molecule has 2 saturated carbocycles. The van der Waals surface area contributed by atoms with Gasteiger partial charge in [-0.1, -0.05) is 56.0 Å². The first-order chi connectivity index (χ1) is 31.3. The third kappa shape index (κ3) is 12.5. The number of anilines is 1. The van der Waals surface area contributed by atoms with Crippen LogP contribution in [-0.2, 0) is 51.7 Å². The molecule has 0 unspecified atom stereocenters. The summed E-state index contributed by atoms with van der Waals surface area (Å²) in [5, 5.41) is 17.8. The number of rotatable bonds is 19. The molecule has 5 amide bonds. The molecule has 66 heavy (non-hydrogen) atoms. The zero-order valence-electron chi connectivity index (χ0n) is 37.6. The molecular weight excluding hydrogens is 880 g/mol. The Kier molecular flexibility index (Phi) is 15.9. The van der Waals surface area contributed by atoms with Crippen LogP contribution in [0.25, 0.3) is 0 Å². The molecule has 2 aromatic carbocycles. The van der Waals surface area contributed by atoms with Crippen LogP contribution in [0.2, 0.25) is 0 Å². The number of carboxylic acid groups (broad SMARTS) is 1. The number of ether oxygens (including phenoxy) is 3. The number of alkyl carbamates (subject to hydrolysis) is 1. The van der Waals surface area contributed by atoms with Gasteiger partial charge in [0.05, 0.1) is 18.8 Å². The van der Waals surface area contributed by atoms with E-state index in [2.05, 4.69) is 27.3 Å². The third-order valence-electron chi connectivity index (χ3n) is 12.3. The molecule has 2 aliphatic heterocycles. The van der Waals surface area contributed by atoms with Crippen molar-refractivity contribution in [3.05, 3.63) is 72.1 Å². The summed E-state index contributed by atoms with van der Waals surface area (Å²) in [7, 11) is -4.51. The van der Waals surface area contributed by atoms with Crippen molar-refractivity contribution in [3.63, 3.8) is 0 Å². The molecule has 0 radical (unpaired) electrons. The average molecular weight is 941 g/mol. The molecule has 2 heterocycles. The third-order valence-corrected chi connectivity index (χ3v) is 13.6. The molecule has 4 aliphatic rings. The number of carboxylic acids is 1. The second kappa shape index (κ2) is 21.1. The van der Waals surface area contributed by atoms with E-state index in [1.807, 2.05) is 0 Å². The van der Waals surface area contributed by atoms with Crippen LogP contribution in [0.4, 0.5) is 24.5 Å². The zero-order valence-corrected chi connectivity index (χ0v) is 38.5. The predicted octanol–water partition coefficient (Wildman–Crippen LogP) is 6.10. The standard InChI is InChI=1S/C46H61FN6O12S/c1-5-30-25-46(30,50-39(54)37-24-32(27-53(37)44(60)65-45(2,3)4)64-43(59)52-26-29-16-15-19-34(47)33(29)28-52)41(57)51-66(61,62)38-22-13-12-20-35(38)48-23-14-8-6-7-9-21-36(40(55)56)49-42(58)63-31-17-10-11-18-31/h5,12-13,15-16,19-20,22,30-32,36-37,48H,1,6-11,14,17-18,21,23-28H2,2-4H3,(H,49,58)(H,50,54)(H,51,57)(H,55,56)/t30-,32-,36+,37+,46-/m1/s1. The highest BCUT2D eigenvalue weighted by Gasteiger charge is 2.61. The number of fused-ring (bicyclic) bond motifs is 1. The quantitative estimate of drug-likeness (QED) is 0.0609. The summed E-state index contributed by atoms with van der Waals surface area (Å²) >= 11 is 0. The highest BCUT2D eigenvalue weighted by Crippen LogP contribution is 2.45. The Morgan fingerprint density at radius 3 is 2.33 bits per heavy atom. The second-order valence-electron chi connectivity index (χ2n) is 18.4. The predicted molar refractivity (Wildman–Crippen MR) is 238 cm³/mol. The van der Waals surface area contributed by atoms with E-state index in [0.717, 1.165) is 49.8 Å².